The molecular formula is C6H13NO2. The van der Waals surface area contributed by atoms with Gasteiger partial charge in [0, 0.05) is 12.6 Å². The molecule has 1 fully saturated rings. The van der Waals surface area contributed by atoms with E-state index in [-0.39, 0.29) is 6.73 Å². The predicted octanol–water partition coefficient (Wildman–Crippen LogP) is -0.343. The van der Waals surface area contributed by atoms with E-state index in [1.165, 1.54) is 0 Å². The van der Waals surface area contributed by atoms with E-state index in [0.29, 0.717) is 6.04 Å². The second-order valence-electron chi connectivity index (χ2n) is 2.38. The fourth-order valence-electron chi connectivity index (χ4n) is 0.972. The lowest BCUT2D eigenvalue weighted by Crippen LogP contribution is -2.43. The van der Waals surface area contributed by atoms with Gasteiger partial charge in [0.05, 0.1) is 19.9 Å². The largest absolute Gasteiger partial charge is 0.381 e. The number of rotatable bonds is 1. The first-order valence-electron chi connectivity index (χ1n) is 3.27. The lowest BCUT2D eigenvalue weighted by Gasteiger charge is -2.30. The Kier molecular flexibility index (Phi) is 2.45. The number of nitrogens with zero attached hydrogens (tertiary/aromatic N) is 1. The fraction of sp³-hybridized carbons (Fsp3) is 1.00. The highest BCUT2D eigenvalue weighted by atomic mass is 16.5. The second kappa shape index (κ2) is 3.15. The lowest BCUT2D eigenvalue weighted by atomic mass is 10.3. The summed E-state index contributed by atoms with van der Waals surface area (Å²) in [5.74, 6) is 0. The Morgan fingerprint density at radius 3 is 3.00 bits per heavy atom. The van der Waals surface area contributed by atoms with Crippen LogP contribution in [0.4, 0.5) is 0 Å². The minimum absolute atomic E-state index is 0.157. The summed E-state index contributed by atoms with van der Waals surface area (Å²) in [4.78, 5) is 1.99. The number of aliphatic hydroxyl groups excluding tert-OH is 1. The normalized spacial score (nSPS) is 30.7. The maximum atomic E-state index is 8.73. The molecule has 54 valence electrons. The molecule has 1 aliphatic rings. The highest BCUT2D eigenvalue weighted by Gasteiger charge is 2.16. The molecule has 1 heterocycles. The van der Waals surface area contributed by atoms with Crippen molar-refractivity contribution >= 4 is 0 Å². The van der Waals surface area contributed by atoms with Crippen molar-refractivity contribution in [1.82, 2.24) is 4.90 Å². The molecule has 1 rings (SSSR count). The van der Waals surface area contributed by atoms with Crippen molar-refractivity contribution in [2.45, 2.75) is 13.0 Å². The molecule has 0 amide bonds. The standard InChI is InChI=1S/C6H13NO2/c1-6-4-9-3-2-7(6)5-8/h6,8H,2-5H2,1H3/t6-/m1/s1. The molecule has 0 spiro atoms. The summed E-state index contributed by atoms with van der Waals surface area (Å²) in [7, 11) is 0. The van der Waals surface area contributed by atoms with Crippen LogP contribution in [0.3, 0.4) is 0 Å². The second-order valence-corrected chi connectivity index (χ2v) is 2.38. The van der Waals surface area contributed by atoms with Gasteiger partial charge in [-0.15, -0.1) is 0 Å². The molecule has 0 aromatic heterocycles. The Morgan fingerprint density at radius 1 is 1.78 bits per heavy atom. The molecule has 1 N–H and O–H groups in total. The van der Waals surface area contributed by atoms with Gasteiger partial charge in [0.1, 0.15) is 0 Å². The molecule has 0 radical (unpaired) electrons. The Hall–Kier alpha value is -0.120. The first-order chi connectivity index (χ1) is 4.34. The fourth-order valence-corrected chi connectivity index (χ4v) is 0.972. The van der Waals surface area contributed by atoms with Crippen LogP contribution < -0.4 is 0 Å². The van der Waals surface area contributed by atoms with Gasteiger partial charge in [0.2, 0.25) is 0 Å². The van der Waals surface area contributed by atoms with Crippen molar-refractivity contribution in [2.24, 2.45) is 0 Å². The zero-order chi connectivity index (χ0) is 6.69. The van der Waals surface area contributed by atoms with Gasteiger partial charge >= 0.3 is 0 Å². The molecule has 3 nitrogen and oxygen atoms in total. The number of aliphatic hydroxyl groups is 1. The molecule has 1 saturated heterocycles. The van der Waals surface area contributed by atoms with Crippen LogP contribution >= 0.6 is 0 Å². The topological polar surface area (TPSA) is 32.7 Å². The van der Waals surface area contributed by atoms with Crippen molar-refractivity contribution in [3.63, 3.8) is 0 Å². The maximum absolute atomic E-state index is 8.73. The molecule has 9 heavy (non-hydrogen) atoms. The number of morpholine rings is 1. The van der Waals surface area contributed by atoms with E-state index in [4.69, 9.17) is 9.84 Å². The zero-order valence-corrected chi connectivity index (χ0v) is 5.71. The van der Waals surface area contributed by atoms with Crippen molar-refractivity contribution in [3.05, 3.63) is 0 Å². The molecule has 1 aliphatic heterocycles. The smallest absolute Gasteiger partial charge is 0.0960 e. The first kappa shape index (κ1) is 6.99. The van der Waals surface area contributed by atoms with Gasteiger partial charge in [0.25, 0.3) is 0 Å². The van der Waals surface area contributed by atoms with Gasteiger partial charge in [-0.1, -0.05) is 0 Å². The molecule has 0 bridgehead atoms. The summed E-state index contributed by atoms with van der Waals surface area (Å²) in [6, 6.07) is 0.378. The van der Waals surface area contributed by atoms with Gasteiger partial charge in [-0.05, 0) is 6.92 Å². The number of hydrogen-bond acceptors (Lipinski definition) is 3. The quantitative estimate of drug-likeness (QED) is 0.528. The Balaban J connectivity index is 2.30. The summed E-state index contributed by atoms with van der Waals surface area (Å²) < 4.78 is 5.16. The third kappa shape index (κ3) is 1.64. The van der Waals surface area contributed by atoms with Gasteiger partial charge in [-0.25, -0.2) is 0 Å². The van der Waals surface area contributed by atoms with E-state index in [1.54, 1.807) is 0 Å². The van der Waals surface area contributed by atoms with Crippen molar-refractivity contribution < 1.29 is 9.84 Å². The van der Waals surface area contributed by atoms with Gasteiger partial charge in [-0.2, -0.15) is 0 Å². The number of ether oxygens (including phenoxy) is 1. The average Bonchev–Trinajstić information content (AvgIpc) is 1.89. The SMILES string of the molecule is C[C@@H]1COCCN1CO. The van der Waals surface area contributed by atoms with E-state index < -0.39 is 0 Å². The van der Waals surface area contributed by atoms with Crippen LogP contribution in [0, 0.1) is 0 Å². The first-order valence-corrected chi connectivity index (χ1v) is 3.27. The minimum atomic E-state index is 0.157. The summed E-state index contributed by atoms with van der Waals surface area (Å²) in [5.41, 5.74) is 0. The highest BCUT2D eigenvalue weighted by Crippen LogP contribution is 2.03. The van der Waals surface area contributed by atoms with Crippen LogP contribution in [0.2, 0.25) is 0 Å². The van der Waals surface area contributed by atoms with E-state index in [2.05, 4.69) is 6.92 Å². The van der Waals surface area contributed by atoms with E-state index in [0.717, 1.165) is 19.8 Å². The third-order valence-corrected chi connectivity index (χ3v) is 1.69. The van der Waals surface area contributed by atoms with Crippen LogP contribution in [-0.2, 0) is 4.74 Å². The summed E-state index contributed by atoms with van der Waals surface area (Å²) in [5, 5.41) is 8.73. The van der Waals surface area contributed by atoms with Gasteiger partial charge in [-0.3, -0.25) is 4.90 Å². The van der Waals surface area contributed by atoms with Crippen molar-refractivity contribution in [3.8, 4) is 0 Å². The maximum Gasteiger partial charge on any atom is 0.0960 e. The monoisotopic (exact) mass is 131 g/mol. The number of hydrogen-bond donors (Lipinski definition) is 1. The molecule has 3 heteroatoms. The van der Waals surface area contributed by atoms with Crippen LogP contribution in [0.15, 0.2) is 0 Å². The minimum Gasteiger partial charge on any atom is -0.381 e. The van der Waals surface area contributed by atoms with Crippen molar-refractivity contribution in [1.29, 1.82) is 0 Å². The Bertz CT molecular complexity index is 87.1. The Labute approximate surface area is 55.2 Å². The van der Waals surface area contributed by atoms with Crippen LogP contribution in [-0.4, -0.2) is 42.5 Å². The predicted molar refractivity (Wildman–Crippen MR) is 34.1 cm³/mol. The molecule has 1 atom stereocenters. The molecule has 0 aliphatic carbocycles. The summed E-state index contributed by atoms with van der Waals surface area (Å²) >= 11 is 0. The molecule has 0 unspecified atom stereocenters. The zero-order valence-electron chi connectivity index (χ0n) is 5.71. The summed E-state index contributed by atoms with van der Waals surface area (Å²) in [6.07, 6.45) is 0. The highest BCUT2D eigenvalue weighted by molar-refractivity contribution is 4.67. The molecule has 0 aromatic rings. The van der Waals surface area contributed by atoms with Crippen LogP contribution in [0.25, 0.3) is 0 Å². The third-order valence-electron chi connectivity index (χ3n) is 1.69. The van der Waals surface area contributed by atoms with Gasteiger partial charge < -0.3 is 9.84 Å². The lowest BCUT2D eigenvalue weighted by molar-refractivity contribution is -0.0385. The van der Waals surface area contributed by atoms with Crippen molar-refractivity contribution in [2.75, 3.05) is 26.5 Å². The molecular weight excluding hydrogens is 118 g/mol. The summed E-state index contributed by atoms with van der Waals surface area (Å²) in [6.45, 7) is 4.57. The van der Waals surface area contributed by atoms with Crippen LogP contribution in [0.5, 0.6) is 0 Å². The molecule has 0 saturated carbocycles. The van der Waals surface area contributed by atoms with E-state index in [1.807, 2.05) is 4.90 Å². The Morgan fingerprint density at radius 2 is 2.56 bits per heavy atom. The van der Waals surface area contributed by atoms with E-state index >= 15 is 0 Å². The van der Waals surface area contributed by atoms with E-state index in [9.17, 15) is 0 Å². The van der Waals surface area contributed by atoms with Gasteiger partial charge in [0.15, 0.2) is 0 Å². The van der Waals surface area contributed by atoms with Crippen LogP contribution in [0.1, 0.15) is 6.92 Å². The average molecular weight is 131 g/mol. The molecule has 0 aromatic carbocycles.